The van der Waals surface area contributed by atoms with E-state index in [-0.39, 0.29) is 5.97 Å². The zero-order valence-electron chi connectivity index (χ0n) is 12.4. The third-order valence-corrected chi connectivity index (χ3v) is 4.72. The van der Waals surface area contributed by atoms with Crippen LogP contribution in [0.2, 0.25) is 0 Å². The van der Waals surface area contributed by atoms with Crippen molar-refractivity contribution < 1.29 is 9.53 Å². The summed E-state index contributed by atoms with van der Waals surface area (Å²) >= 11 is 0. The predicted octanol–water partition coefficient (Wildman–Crippen LogP) is 1.60. The predicted molar refractivity (Wildman–Crippen MR) is 76.0 cm³/mol. The first-order valence-corrected chi connectivity index (χ1v) is 7.75. The average Bonchev–Trinajstić information content (AvgIpc) is 2.41. The monoisotopic (exact) mass is 268 g/mol. The lowest BCUT2D eigenvalue weighted by Gasteiger charge is -2.39. The molecule has 0 unspecified atom stereocenters. The van der Waals surface area contributed by atoms with Crippen LogP contribution < -0.4 is 0 Å². The molecule has 2 fully saturated rings. The Hall–Kier alpha value is -0.610. The van der Waals surface area contributed by atoms with Gasteiger partial charge in [0.15, 0.2) is 0 Å². The summed E-state index contributed by atoms with van der Waals surface area (Å²) in [4.78, 5) is 16.2. The molecule has 2 rings (SSSR count). The van der Waals surface area contributed by atoms with Crippen LogP contribution in [-0.4, -0.2) is 62.1 Å². The van der Waals surface area contributed by atoms with Crippen molar-refractivity contribution in [1.82, 2.24) is 9.80 Å². The SMILES string of the molecule is CCOC(=O)CN1CCC(C2CCN(C)CC2)CC1. The number of nitrogens with zero attached hydrogens (tertiary/aromatic N) is 2. The fourth-order valence-corrected chi connectivity index (χ4v) is 3.47. The third-order valence-electron chi connectivity index (χ3n) is 4.72. The van der Waals surface area contributed by atoms with Crippen molar-refractivity contribution in [2.45, 2.75) is 32.6 Å². The molecule has 0 aliphatic carbocycles. The van der Waals surface area contributed by atoms with Crippen molar-refractivity contribution in [1.29, 1.82) is 0 Å². The maximum Gasteiger partial charge on any atom is 0.320 e. The topological polar surface area (TPSA) is 32.8 Å². The van der Waals surface area contributed by atoms with Gasteiger partial charge in [0, 0.05) is 0 Å². The van der Waals surface area contributed by atoms with Crippen LogP contribution in [-0.2, 0) is 9.53 Å². The molecule has 0 aromatic carbocycles. The van der Waals surface area contributed by atoms with Crippen LogP contribution in [0, 0.1) is 11.8 Å². The molecule has 0 atom stereocenters. The van der Waals surface area contributed by atoms with Gasteiger partial charge in [0.2, 0.25) is 0 Å². The summed E-state index contributed by atoms with van der Waals surface area (Å²) in [6.07, 6.45) is 5.24. The summed E-state index contributed by atoms with van der Waals surface area (Å²) in [5.74, 6) is 1.73. The molecule has 2 aliphatic rings. The summed E-state index contributed by atoms with van der Waals surface area (Å²) in [6.45, 7) is 7.48. The van der Waals surface area contributed by atoms with Crippen LogP contribution >= 0.6 is 0 Å². The van der Waals surface area contributed by atoms with Gasteiger partial charge in [0.1, 0.15) is 0 Å². The number of likely N-dealkylation sites (tertiary alicyclic amines) is 2. The quantitative estimate of drug-likeness (QED) is 0.725. The molecule has 0 radical (unpaired) electrons. The molecule has 0 aromatic rings. The minimum absolute atomic E-state index is 0.0692. The van der Waals surface area contributed by atoms with Gasteiger partial charge >= 0.3 is 5.97 Å². The molecule has 4 nitrogen and oxygen atoms in total. The Bertz CT molecular complexity index is 280. The minimum atomic E-state index is -0.0692. The maximum atomic E-state index is 11.5. The second-order valence-electron chi connectivity index (χ2n) is 6.06. The van der Waals surface area contributed by atoms with Gasteiger partial charge < -0.3 is 9.64 Å². The molecule has 2 saturated heterocycles. The molecule has 0 aromatic heterocycles. The van der Waals surface area contributed by atoms with E-state index in [0.29, 0.717) is 13.2 Å². The largest absolute Gasteiger partial charge is 0.465 e. The van der Waals surface area contributed by atoms with E-state index >= 15 is 0 Å². The summed E-state index contributed by atoms with van der Waals surface area (Å²) in [5, 5.41) is 0. The van der Waals surface area contributed by atoms with Crippen molar-refractivity contribution in [3.63, 3.8) is 0 Å². The van der Waals surface area contributed by atoms with Crippen LogP contribution in [0.5, 0.6) is 0 Å². The van der Waals surface area contributed by atoms with Gasteiger partial charge in [0.05, 0.1) is 13.2 Å². The highest BCUT2D eigenvalue weighted by Crippen LogP contribution is 2.31. The Morgan fingerprint density at radius 1 is 1.05 bits per heavy atom. The lowest BCUT2D eigenvalue weighted by atomic mass is 9.79. The van der Waals surface area contributed by atoms with E-state index in [9.17, 15) is 4.79 Å². The molecular formula is C15H28N2O2. The highest BCUT2D eigenvalue weighted by Gasteiger charge is 2.29. The first-order chi connectivity index (χ1) is 9.19. The lowest BCUT2D eigenvalue weighted by molar-refractivity contribution is -0.144. The second-order valence-corrected chi connectivity index (χ2v) is 6.06. The van der Waals surface area contributed by atoms with E-state index in [1.165, 1.54) is 38.8 Å². The number of rotatable bonds is 4. The Morgan fingerprint density at radius 3 is 2.11 bits per heavy atom. The van der Waals surface area contributed by atoms with Gasteiger partial charge in [0.25, 0.3) is 0 Å². The van der Waals surface area contributed by atoms with E-state index in [0.717, 1.165) is 24.9 Å². The van der Waals surface area contributed by atoms with Crippen molar-refractivity contribution in [2.75, 3.05) is 46.4 Å². The standard InChI is InChI=1S/C15H28N2O2/c1-3-19-15(18)12-17-10-6-14(7-11-17)13-4-8-16(2)9-5-13/h13-14H,3-12H2,1-2H3. The number of ether oxygens (including phenoxy) is 1. The van der Waals surface area contributed by atoms with Gasteiger partial charge in [-0.1, -0.05) is 0 Å². The van der Waals surface area contributed by atoms with Crippen LogP contribution in [0.3, 0.4) is 0 Å². The zero-order valence-corrected chi connectivity index (χ0v) is 12.4. The number of carbonyl (C=O) groups excluding carboxylic acids is 1. The molecule has 0 bridgehead atoms. The fraction of sp³-hybridized carbons (Fsp3) is 0.933. The molecule has 2 heterocycles. The Morgan fingerprint density at radius 2 is 1.58 bits per heavy atom. The van der Waals surface area contributed by atoms with Crippen LogP contribution in [0.4, 0.5) is 0 Å². The zero-order chi connectivity index (χ0) is 13.7. The molecule has 0 saturated carbocycles. The number of carbonyl (C=O) groups is 1. The molecule has 0 spiro atoms. The van der Waals surface area contributed by atoms with Gasteiger partial charge in [-0.2, -0.15) is 0 Å². The Kier molecular flexibility index (Phi) is 5.64. The lowest BCUT2D eigenvalue weighted by Crippen LogP contribution is -2.41. The molecule has 4 heteroatoms. The number of piperidine rings is 2. The number of hydrogen-bond acceptors (Lipinski definition) is 4. The first-order valence-electron chi connectivity index (χ1n) is 7.75. The van der Waals surface area contributed by atoms with E-state index in [2.05, 4.69) is 16.8 Å². The van der Waals surface area contributed by atoms with Crippen molar-refractivity contribution in [3.05, 3.63) is 0 Å². The van der Waals surface area contributed by atoms with Crippen LogP contribution in [0.25, 0.3) is 0 Å². The highest BCUT2D eigenvalue weighted by molar-refractivity contribution is 5.71. The number of esters is 1. The van der Waals surface area contributed by atoms with Crippen molar-refractivity contribution in [3.8, 4) is 0 Å². The van der Waals surface area contributed by atoms with E-state index in [4.69, 9.17) is 4.74 Å². The Balaban J connectivity index is 1.69. The second kappa shape index (κ2) is 7.25. The van der Waals surface area contributed by atoms with Gasteiger partial charge in [-0.05, 0) is 77.7 Å². The van der Waals surface area contributed by atoms with Gasteiger partial charge in [-0.25, -0.2) is 0 Å². The minimum Gasteiger partial charge on any atom is -0.465 e. The smallest absolute Gasteiger partial charge is 0.320 e. The van der Waals surface area contributed by atoms with E-state index in [1.54, 1.807) is 0 Å². The van der Waals surface area contributed by atoms with Crippen LogP contribution in [0.1, 0.15) is 32.6 Å². The van der Waals surface area contributed by atoms with E-state index < -0.39 is 0 Å². The van der Waals surface area contributed by atoms with Crippen molar-refractivity contribution in [2.24, 2.45) is 11.8 Å². The Labute approximate surface area is 117 Å². The molecule has 19 heavy (non-hydrogen) atoms. The highest BCUT2D eigenvalue weighted by atomic mass is 16.5. The maximum absolute atomic E-state index is 11.5. The van der Waals surface area contributed by atoms with Gasteiger partial charge in [-0.3, -0.25) is 9.69 Å². The van der Waals surface area contributed by atoms with Gasteiger partial charge in [-0.15, -0.1) is 0 Å². The molecule has 110 valence electrons. The summed E-state index contributed by atoms with van der Waals surface area (Å²) < 4.78 is 5.01. The van der Waals surface area contributed by atoms with Crippen LogP contribution in [0.15, 0.2) is 0 Å². The number of hydrogen-bond donors (Lipinski definition) is 0. The molecule has 2 aliphatic heterocycles. The van der Waals surface area contributed by atoms with Crippen molar-refractivity contribution >= 4 is 5.97 Å². The van der Waals surface area contributed by atoms with E-state index in [1.807, 2.05) is 6.92 Å². The summed E-state index contributed by atoms with van der Waals surface area (Å²) in [7, 11) is 2.22. The summed E-state index contributed by atoms with van der Waals surface area (Å²) in [6, 6.07) is 0. The summed E-state index contributed by atoms with van der Waals surface area (Å²) in [5.41, 5.74) is 0. The third kappa shape index (κ3) is 4.46. The normalized spacial score (nSPS) is 24.5. The molecule has 0 N–H and O–H groups in total. The first kappa shape index (κ1) is 14.8. The average molecular weight is 268 g/mol. The molecule has 0 amide bonds. The fourth-order valence-electron chi connectivity index (χ4n) is 3.47. The molecular weight excluding hydrogens is 240 g/mol.